The minimum Gasteiger partial charge on any atom is -0.472 e. The van der Waals surface area contributed by atoms with E-state index in [4.69, 9.17) is 9.15 Å². The Morgan fingerprint density at radius 1 is 1.50 bits per heavy atom. The van der Waals surface area contributed by atoms with Crippen molar-refractivity contribution < 1.29 is 13.9 Å². The van der Waals surface area contributed by atoms with Crippen molar-refractivity contribution in [1.82, 2.24) is 19.8 Å². The van der Waals surface area contributed by atoms with E-state index in [9.17, 15) is 9.59 Å². The first-order chi connectivity index (χ1) is 12.5. The van der Waals surface area contributed by atoms with E-state index >= 15 is 0 Å². The van der Waals surface area contributed by atoms with Gasteiger partial charge in [0.1, 0.15) is 0 Å². The molecule has 0 aromatic carbocycles. The van der Waals surface area contributed by atoms with Gasteiger partial charge in [-0.1, -0.05) is 0 Å². The van der Waals surface area contributed by atoms with Gasteiger partial charge in [-0.2, -0.15) is 0 Å². The summed E-state index contributed by atoms with van der Waals surface area (Å²) < 4.78 is 12.2. The number of nitrogens with one attached hydrogen (secondary N) is 1. The quantitative estimate of drug-likeness (QED) is 0.830. The number of aromatic nitrogens is 2. The molecule has 3 heterocycles. The summed E-state index contributed by atoms with van der Waals surface area (Å²) in [5.41, 5.74) is 0.745. The number of morpholine rings is 1. The first-order valence-corrected chi connectivity index (χ1v) is 8.43. The van der Waals surface area contributed by atoms with Crippen LogP contribution in [-0.2, 0) is 18.3 Å². The summed E-state index contributed by atoms with van der Waals surface area (Å²) in [6, 6.07) is 1.67. The molecule has 2 aromatic heterocycles. The number of carbonyl (C=O) groups is 1. The maximum absolute atomic E-state index is 12.3. The Bertz CT molecular complexity index is 789. The summed E-state index contributed by atoms with van der Waals surface area (Å²) in [7, 11) is 3.48. The highest BCUT2D eigenvalue weighted by molar-refractivity contribution is 5.74. The van der Waals surface area contributed by atoms with E-state index in [-0.39, 0.29) is 17.7 Å². The number of nitrogens with zero attached hydrogens (tertiary/aromatic N) is 4. The van der Waals surface area contributed by atoms with Crippen LogP contribution < -0.4 is 15.8 Å². The summed E-state index contributed by atoms with van der Waals surface area (Å²) in [5.74, 6) is 0.361. The fourth-order valence-corrected chi connectivity index (χ4v) is 2.84. The summed E-state index contributed by atoms with van der Waals surface area (Å²) in [6.45, 7) is 2.33. The zero-order chi connectivity index (χ0) is 18.5. The molecule has 26 heavy (non-hydrogen) atoms. The van der Waals surface area contributed by atoms with Crippen LogP contribution in [0, 0.1) is 0 Å². The highest BCUT2D eigenvalue weighted by Crippen LogP contribution is 2.10. The van der Waals surface area contributed by atoms with Gasteiger partial charge in [0.2, 0.25) is 0 Å². The minimum absolute atomic E-state index is 0.143. The number of aryl methyl sites for hydroxylation is 1. The van der Waals surface area contributed by atoms with E-state index in [1.165, 1.54) is 4.57 Å². The molecule has 1 aliphatic heterocycles. The molecule has 1 saturated heterocycles. The van der Waals surface area contributed by atoms with Gasteiger partial charge in [0.25, 0.3) is 5.56 Å². The van der Waals surface area contributed by atoms with Gasteiger partial charge in [-0.05, 0) is 6.07 Å². The van der Waals surface area contributed by atoms with Crippen LogP contribution in [0.5, 0.6) is 0 Å². The van der Waals surface area contributed by atoms with Crippen molar-refractivity contribution >= 4 is 11.8 Å². The van der Waals surface area contributed by atoms with Crippen molar-refractivity contribution in [2.75, 3.05) is 38.2 Å². The normalized spacial score (nSPS) is 17.2. The smallest absolute Gasteiger partial charge is 0.317 e. The van der Waals surface area contributed by atoms with Crippen molar-refractivity contribution in [3.8, 4) is 0 Å². The maximum Gasteiger partial charge on any atom is 0.317 e. The lowest BCUT2D eigenvalue weighted by atomic mass is 10.2. The van der Waals surface area contributed by atoms with Crippen molar-refractivity contribution in [1.29, 1.82) is 0 Å². The highest BCUT2D eigenvalue weighted by atomic mass is 16.5. The summed E-state index contributed by atoms with van der Waals surface area (Å²) >= 11 is 0. The minimum atomic E-state index is -0.194. The Hall–Kier alpha value is -2.81. The molecule has 1 unspecified atom stereocenters. The van der Waals surface area contributed by atoms with E-state index in [0.29, 0.717) is 38.6 Å². The van der Waals surface area contributed by atoms with Crippen LogP contribution in [0.4, 0.5) is 10.6 Å². The average Bonchev–Trinajstić information content (AvgIpc) is 3.15. The number of hydrogen-bond acceptors (Lipinski definition) is 6. The lowest BCUT2D eigenvalue weighted by Gasteiger charge is -2.34. The van der Waals surface area contributed by atoms with Crippen LogP contribution in [0.3, 0.4) is 0 Å². The van der Waals surface area contributed by atoms with Gasteiger partial charge < -0.3 is 28.8 Å². The van der Waals surface area contributed by atoms with Crippen LogP contribution in [0.25, 0.3) is 0 Å². The van der Waals surface area contributed by atoms with Gasteiger partial charge in [0.15, 0.2) is 5.82 Å². The van der Waals surface area contributed by atoms with Gasteiger partial charge in [-0.25, -0.2) is 9.78 Å². The summed E-state index contributed by atoms with van der Waals surface area (Å²) in [5, 5.41) is 2.87. The van der Waals surface area contributed by atoms with Crippen LogP contribution in [0.1, 0.15) is 5.56 Å². The maximum atomic E-state index is 12.3. The molecule has 1 atom stereocenters. The fourth-order valence-electron chi connectivity index (χ4n) is 2.84. The topological polar surface area (TPSA) is 92.8 Å². The molecule has 3 rings (SSSR count). The van der Waals surface area contributed by atoms with Crippen molar-refractivity contribution in [2.24, 2.45) is 7.05 Å². The van der Waals surface area contributed by atoms with Crippen LogP contribution in [0.15, 0.2) is 40.2 Å². The number of anilines is 1. The van der Waals surface area contributed by atoms with E-state index in [0.717, 1.165) is 5.56 Å². The number of likely N-dealkylation sites (N-methyl/N-ethyl adjacent to an activating group) is 1. The molecule has 140 valence electrons. The Morgan fingerprint density at radius 3 is 3.12 bits per heavy atom. The molecule has 2 amide bonds. The largest absolute Gasteiger partial charge is 0.472 e. The number of hydrogen-bond donors (Lipinski definition) is 1. The zero-order valence-electron chi connectivity index (χ0n) is 14.9. The fraction of sp³-hybridized carbons (Fsp3) is 0.471. The molecule has 2 aromatic rings. The molecule has 1 fully saturated rings. The Balaban J connectivity index is 1.55. The molecule has 1 N–H and O–H groups in total. The highest BCUT2D eigenvalue weighted by Gasteiger charge is 2.26. The number of amides is 2. The summed E-state index contributed by atoms with van der Waals surface area (Å²) in [6.07, 6.45) is 6.18. The number of carbonyl (C=O) groups excluding carboxylic acids is 1. The lowest BCUT2D eigenvalue weighted by Crippen LogP contribution is -2.52. The van der Waals surface area contributed by atoms with Crippen LogP contribution in [0.2, 0.25) is 0 Å². The first kappa shape index (κ1) is 18.0. The number of ether oxygens (including phenoxy) is 1. The molecule has 0 aliphatic carbocycles. The van der Waals surface area contributed by atoms with Crippen molar-refractivity contribution in [2.45, 2.75) is 12.6 Å². The van der Waals surface area contributed by atoms with Gasteiger partial charge in [-0.15, -0.1) is 0 Å². The second kappa shape index (κ2) is 8.05. The van der Waals surface area contributed by atoms with Crippen molar-refractivity contribution in [3.05, 3.63) is 46.9 Å². The average molecular weight is 361 g/mol. The molecule has 9 nitrogen and oxygen atoms in total. The standard InChI is InChI=1S/C17H23N5O4/c1-20-5-4-18-15(16(20)23)21(2)10-14-11-22(6-8-26-14)17(24)19-9-13-3-7-25-12-13/h3-5,7,12,14H,6,8-11H2,1-2H3,(H,19,24). The molecule has 0 radical (unpaired) electrons. The van der Waals surface area contributed by atoms with Gasteiger partial charge in [0, 0.05) is 51.7 Å². The third-order valence-electron chi connectivity index (χ3n) is 4.29. The first-order valence-electron chi connectivity index (χ1n) is 8.43. The Kier molecular flexibility index (Phi) is 5.57. The Labute approximate surface area is 151 Å². The summed E-state index contributed by atoms with van der Waals surface area (Å²) in [4.78, 5) is 32.1. The van der Waals surface area contributed by atoms with E-state index in [1.807, 2.05) is 6.07 Å². The van der Waals surface area contributed by atoms with E-state index < -0.39 is 0 Å². The molecule has 1 aliphatic rings. The SMILES string of the molecule is CN(CC1CN(C(=O)NCc2ccoc2)CCO1)c1nccn(C)c1=O. The second-order valence-corrected chi connectivity index (χ2v) is 6.28. The lowest BCUT2D eigenvalue weighted by molar-refractivity contribution is -0.00917. The number of urea groups is 1. The predicted molar refractivity (Wildman–Crippen MR) is 95.0 cm³/mol. The van der Waals surface area contributed by atoms with Crippen LogP contribution in [-0.4, -0.2) is 59.9 Å². The molecule has 0 bridgehead atoms. The van der Waals surface area contributed by atoms with Crippen molar-refractivity contribution in [3.63, 3.8) is 0 Å². The third kappa shape index (κ3) is 4.23. The molecule has 0 saturated carbocycles. The molecule has 9 heteroatoms. The number of furan rings is 1. The molecule has 0 spiro atoms. The van der Waals surface area contributed by atoms with E-state index in [2.05, 4.69) is 10.3 Å². The molecular weight excluding hydrogens is 338 g/mol. The Morgan fingerprint density at radius 2 is 2.35 bits per heavy atom. The van der Waals surface area contributed by atoms with E-state index in [1.54, 1.807) is 48.8 Å². The second-order valence-electron chi connectivity index (χ2n) is 6.28. The number of rotatable bonds is 5. The van der Waals surface area contributed by atoms with Crippen LogP contribution >= 0.6 is 0 Å². The molecular formula is C17H23N5O4. The van der Waals surface area contributed by atoms with Gasteiger partial charge in [0.05, 0.1) is 31.8 Å². The monoisotopic (exact) mass is 361 g/mol. The predicted octanol–water partition coefficient (Wildman–Crippen LogP) is 0.420. The van der Waals surface area contributed by atoms with Gasteiger partial charge >= 0.3 is 6.03 Å². The zero-order valence-corrected chi connectivity index (χ0v) is 14.9. The third-order valence-corrected chi connectivity index (χ3v) is 4.29. The van der Waals surface area contributed by atoms with Gasteiger partial charge in [-0.3, -0.25) is 4.79 Å².